The fourth-order valence-electron chi connectivity index (χ4n) is 1.72. The maximum Gasteiger partial charge on any atom is 0.276 e. The van der Waals surface area contributed by atoms with Gasteiger partial charge in [0.2, 0.25) is 0 Å². The average Bonchev–Trinajstić information content (AvgIpc) is 3.11. The predicted octanol–water partition coefficient (Wildman–Crippen LogP) is 4.79. The highest BCUT2D eigenvalue weighted by Crippen LogP contribution is 2.27. The third-order valence-electron chi connectivity index (χ3n) is 2.69. The Labute approximate surface area is 130 Å². The molecule has 3 nitrogen and oxygen atoms in total. The van der Waals surface area contributed by atoms with E-state index < -0.39 is 0 Å². The van der Waals surface area contributed by atoms with Crippen molar-refractivity contribution < 1.29 is 4.42 Å². The van der Waals surface area contributed by atoms with E-state index in [1.165, 1.54) is 0 Å². The number of halogens is 1. The Morgan fingerprint density at radius 1 is 1.15 bits per heavy atom. The lowest BCUT2D eigenvalue weighted by Crippen LogP contribution is -1.89. The van der Waals surface area contributed by atoms with Gasteiger partial charge in [0.25, 0.3) is 11.1 Å². The molecule has 0 aliphatic rings. The smallest absolute Gasteiger partial charge is 0.276 e. The van der Waals surface area contributed by atoms with E-state index in [9.17, 15) is 0 Å². The van der Waals surface area contributed by atoms with Gasteiger partial charge in [0.1, 0.15) is 0 Å². The van der Waals surface area contributed by atoms with Crippen LogP contribution in [0.2, 0.25) is 5.02 Å². The van der Waals surface area contributed by atoms with Crippen LogP contribution in [0, 0.1) is 0 Å². The quantitative estimate of drug-likeness (QED) is 0.633. The van der Waals surface area contributed by atoms with E-state index in [0.29, 0.717) is 11.1 Å². The molecule has 0 fully saturated rings. The number of nitrogens with zero attached hydrogens (tertiary/aromatic N) is 2. The maximum atomic E-state index is 6.12. The number of aromatic nitrogens is 2. The van der Waals surface area contributed by atoms with Crippen LogP contribution in [0.3, 0.4) is 0 Å². The Morgan fingerprint density at radius 3 is 2.85 bits per heavy atom. The van der Waals surface area contributed by atoms with Crippen LogP contribution in [0.5, 0.6) is 0 Å². The van der Waals surface area contributed by atoms with Crippen LogP contribution in [0.4, 0.5) is 0 Å². The minimum atomic E-state index is 0.584. The van der Waals surface area contributed by atoms with Gasteiger partial charge in [0, 0.05) is 10.8 Å². The summed E-state index contributed by atoms with van der Waals surface area (Å²) in [7, 11) is 0. The zero-order valence-corrected chi connectivity index (χ0v) is 12.8. The fraction of sp³-hybridized carbons (Fsp3) is 0.143. The molecule has 0 bridgehead atoms. The molecule has 0 aliphatic heterocycles. The van der Waals surface area contributed by atoms with Crippen LogP contribution in [-0.2, 0) is 6.42 Å². The molecule has 2 aromatic heterocycles. The fourth-order valence-corrected chi connectivity index (χ4v) is 3.32. The highest BCUT2D eigenvalue weighted by atomic mass is 35.5. The van der Waals surface area contributed by atoms with E-state index in [0.717, 1.165) is 27.6 Å². The lowest BCUT2D eigenvalue weighted by Gasteiger charge is -2.01. The molecule has 0 N–H and O–H groups in total. The Morgan fingerprint density at radius 2 is 2.05 bits per heavy atom. The molecule has 0 spiro atoms. The second-order valence-electron chi connectivity index (χ2n) is 4.04. The summed E-state index contributed by atoms with van der Waals surface area (Å²) in [5.74, 6) is 1.44. The second-order valence-corrected chi connectivity index (χ2v) is 6.44. The normalized spacial score (nSPS) is 10.8. The number of hydrogen-bond donors (Lipinski definition) is 0. The van der Waals surface area contributed by atoms with E-state index in [1.807, 2.05) is 41.8 Å². The first-order valence-electron chi connectivity index (χ1n) is 6.06. The number of rotatable bonds is 5. The Bertz CT molecular complexity index is 682. The van der Waals surface area contributed by atoms with Gasteiger partial charge in [-0.2, -0.15) is 0 Å². The van der Waals surface area contributed by atoms with Crippen molar-refractivity contribution >= 4 is 34.7 Å². The summed E-state index contributed by atoms with van der Waals surface area (Å²) in [6.07, 6.45) is 0.876. The van der Waals surface area contributed by atoms with Crippen molar-refractivity contribution in [2.24, 2.45) is 0 Å². The van der Waals surface area contributed by atoms with Gasteiger partial charge in [-0.1, -0.05) is 47.6 Å². The van der Waals surface area contributed by atoms with Gasteiger partial charge in [0.05, 0.1) is 4.88 Å². The van der Waals surface area contributed by atoms with Crippen molar-refractivity contribution in [3.05, 3.63) is 52.4 Å². The minimum absolute atomic E-state index is 0.584. The zero-order chi connectivity index (χ0) is 13.8. The van der Waals surface area contributed by atoms with Crippen LogP contribution in [0.1, 0.15) is 5.56 Å². The van der Waals surface area contributed by atoms with Crippen LogP contribution in [-0.4, -0.2) is 16.0 Å². The standard InChI is InChI=1S/C14H11ClN2OS2/c15-11-5-2-1-4-10(11)7-9-20-14-17-16-13(18-14)12-6-3-8-19-12/h1-6,8H,7,9H2. The number of benzene rings is 1. The molecule has 1 aromatic carbocycles. The molecule has 0 radical (unpaired) electrons. The summed E-state index contributed by atoms with van der Waals surface area (Å²) in [4.78, 5) is 0.996. The van der Waals surface area contributed by atoms with Crippen molar-refractivity contribution in [3.63, 3.8) is 0 Å². The van der Waals surface area contributed by atoms with Crippen molar-refractivity contribution in [3.8, 4) is 10.8 Å². The molecule has 0 saturated heterocycles. The molecular formula is C14H11ClN2OS2. The number of aryl methyl sites for hydroxylation is 1. The molecule has 20 heavy (non-hydrogen) atoms. The first-order chi connectivity index (χ1) is 9.83. The number of hydrogen-bond acceptors (Lipinski definition) is 5. The lowest BCUT2D eigenvalue weighted by atomic mass is 10.2. The Kier molecular flexibility index (Phi) is 4.40. The highest BCUT2D eigenvalue weighted by molar-refractivity contribution is 7.99. The summed E-state index contributed by atoms with van der Waals surface area (Å²) < 4.78 is 5.61. The van der Waals surface area contributed by atoms with Crippen molar-refractivity contribution in [1.82, 2.24) is 10.2 Å². The minimum Gasteiger partial charge on any atom is -0.410 e. The van der Waals surface area contributed by atoms with E-state index in [-0.39, 0.29) is 0 Å². The summed E-state index contributed by atoms with van der Waals surface area (Å²) in [5.41, 5.74) is 1.14. The van der Waals surface area contributed by atoms with Gasteiger partial charge in [-0.25, -0.2) is 0 Å². The molecule has 0 aliphatic carbocycles. The van der Waals surface area contributed by atoms with E-state index in [2.05, 4.69) is 10.2 Å². The summed E-state index contributed by atoms with van der Waals surface area (Å²) in [5, 5.41) is 11.5. The Hall–Kier alpha value is -1.30. The van der Waals surface area contributed by atoms with Gasteiger partial charge in [-0.05, 0) is 29.5 Å². The monoisotopic (exact) mass is 322 g/mol. The van der Waals surface area contributed by atoms with Crippen molar-refractivity contribution in [2.75, 3.05) is 5.75 Å². The van der Waals surface area contributed by atoms with Crippen molar-refractivity contribution in [1.29, 1.82) is 0 Å². The van der Waals surface area contributed by atoms with E-state index >= 15 is 0 Å². The van der Waals surface area contributed by atoms with Crippen LogP contribution in [0.15, 0.2) is 51.4 Å². The van der Waals surface area contributed by atoms with Crippen molar-refractivity contribution in [2.45, 2.75) is 11.6 Å². The molecule has 0 unspecified atom stereocenters. The topological polar surface area (TPSA) is 38.9 Å². The molecular weight excluding hydrogens is 312 g/mol. The predicted molar refractivity (Wildman–Crippen MR) is 83.5 cm³/mol. The van der Waals surface area contributed by atoms with E-state index in [4.69, 9.17) is 16.0 Å². The van der Waals surface area contributed by atoms with Gasteiger partial charge in [0.15, 0.2) is 0 Å². The second kappa shape index (κ2) is 6.43. The largest absolute Gasteiger partial charge is 0.410 e. The summed E-state index contributed by atoms with van der Waals surface area (Å²) in [6.45, 7) is 0. The SMILES string of the molecule is Clc1ccccc1CCSc1nnc(-c2cccs2)o1. The third-order valence-corrected chi connectivity index (χ3v) is 4.74. The molecule has 6 heteroatoms. The lowest BCUT2D eigenvalue weighted by molar-refractivity contribution is 0.467. The van der Waals surface area contributed by atoms with Crippen LogP contribution < -0.4 is 0 Å². The molecule has 0 atom stereocenters. The summed E-state index contributed by atoms with van der Waals surface area (Å²) >= 11 is 9.26. The number of thioether (sulfide) groups is 1. The average molecular weight is 323 g/mol. The number of thiophene rings is 1. The molecule has 3 rings (SSSR count). The van der Waals surface area contributed by atoms with Crippen LogP contribution >= 0.6 is 34.7 Å². The van der Waals surface area contributed by atoms with Gasteiger partial charge in [-0.15, -0.1) is 21.5 Å². The molecule has 0 saturated carbocycles. The van der Waals surface area contributed by atoms with Gasteiger partial charge >= 0.3 is 0 Å². The molecule has 102 valence electrons. The maximum absolute atomic E-state index is 6.12. The molecule has 0 amide bonds. The molecule has 3 aromatic rings. The first-order valence-corrected chi connectivity index (χ1v) is 8.31. The molecule has 2 heterocycles. The highest BCUT2D eigenvalue weighted by Gasteiger charge is 2.09. The van der Waals surface area contributed by atoms with Crippen LogP contribution in [0.25, 0.3) is 10.8 Å². The van der Waals surface area contributed by atoms with Gasteiger partial charge < -0.3 is 4.42 Å². The van der Waals surface area contributed by atoms with Gasteiger partial charge in [-0.3, -0.25) is 0 Å². The Balaban J connectivity index is 1.58. The zero-order valence-electron chi connectivity index (χ0n) is 10.5. The summed E-state index contributed by atoms with van der Waals surface area (Å²) in [6, 6.07) is 11.8. The third kappa shape index (κ3) is 3.23. The van der Waals surface area contributed by atoms with E-state index in [1.54, 1.807) is 23.1 Å². The first kappa shape index (κ1) is 13.7.